The zero-order chi connectivity index (χ0) is 17.9. The first kappa shape index (κ1) is 16.6. The van der Waals surface area contributed by atoms with Crippen molar-refractivity contribution in [3.05, 3.63) is 48.2 Å². The van der Waals surface area contributed by atoms with E-state index >= 15 is 0 Å². The first-order valence-corrected chi connectivity index (χ1v) is 9.12. The number of hydrogen-bond donors (Lipinski definition) is 2. The zero-order valence-electron chi connectivity index (χ0n) is 14.9. The van der Waals surface area contributed by atoms with Gasteiger partial charge in [0, 0.05) is 30.2 Å². The molecule has 0 aliphatic carbocycles. The van der Waals surface area contributed by atoms with Crippen molar-refractivity contribution in [2.75, 3.05) is 23.3 Å². The van der Waals surface area contributed by atoms with Gasteiger partial charge in [0.05, 0.1) is 6.42 Å². The number of piperidine rings is 1. The van der Waals surface area contributed by atoms with Crippen LogP contribution in [0.4, 0.5) is 11.6 Å². The molecule has 134 valence electrons. The SMILES string of the molecule is CC1CCCN(c2ccc(NC(=O)Cc3c[nH]c4ccccc34)nn2)C1. The molecule has 0 radical (unpaired) electrons. The fraction of sp³-hybridized carbons (Fsp3) is 0.350. The number of carbonyl (C=O) groups is 1. The highest BCUT2D eigenvalue weighted by atomic mass is 16.1. The van der Waals surface area contributed by atoms with Gasteiger partial charge in [0.1, 0.15) is 0 Å². The molecule has 1 atom stereocenters. The van der Waals surface area contributed by atoms with E-state index in [-0.39, 0.29) is 5.91 Å². The van der Waals surface area contributed by atoms with Crippen LogP contribution in [0.25, 0.3) is 10.9 Å². The molecular weight excluding hydrogens is 326 g/mol. The second-order valence-corrected chi connectivity index (χ2v) is 7.05. The van der Waals surface area contributed by atoms with E-state index in [0.717, 1.165) is 35.4 Å². The van der Waals surface area contributed by atoms with Crippen LogP contribution < -0.4 is 10.2 Å². The molecule has 6 nitrogen and oxygen atoms in total. The molecule has 1 unspecified atom stereocenters. The summed E-state index contributed by atoms with van der Waals surface area (Å²) in [4.78, 5) is 17.8. The minimum Gasteiger partial charge on any atom is -0.361 e. The van der Waals surface area contributed by atoms with Crippen molar-refractivity contribution in [2.24, 2.45) is 5.92 Å². The molecule has 3 aromatic rings. The molecule has 1 amide bonds. The third-order valence-electron chi connectivity index (χ3n) is 4.92. The number of benzene rings is 1. The van der Waals surface area contributed by atoms with Gasteiger partial charge in [0.25, 0.3) is 0 Å². The van der Waals surface area contributed by atoms with Gasteiger partial charge in [-0.15, -0.1) is 10.2 Å². The van der Waals surface area contributed by atoms with Crippen LogP contribution in [0.5, 0.6) is 0 Å². The van der Waals surface area contributed by atoms with Crippen molar-refractivity contribution < 1.29 is 4.79 Å². The first-order valence-electron chi connectivity index (χ1n) is 9.12. The molecule has 0 saturated carbocycles. The maximum atomic E-state index is 12.3. The molecule has 4 rings (SSSR count). The quantitative estimate of drug-likeness (QED) is 0.757. The Balaban J connectivity index is 1.40. The summed E-state index contributed by atoms with van der Waals surface area (Å²) >= 11 is 0. The Labute approximate surface area is 152 Å². The minimum absolute atomic E-state index is 0.0941. The molecule has 2 aromatic heterocycles. The van der Waals surface area contributed by atoms with E-state index in [4.69, 9.17) is 0 Å². The van der Waals surface area contributed by atoms with Crippen LogP contribution in [0.3, 0.4) is 0 Å². The lowest BCUT2D eigenvalue weighted by Crippen LogP contribution is -2.34. The van der Waals surface area contributed by atoms with E-state index in [2.05, 4.69) is 32.3 Å². The number of nitrogens with one attached hydrogen (secondary N) is 2. The van der Waals surface area contributed by atoms with Crippen LogP contribution in [-0.2, 0) is 11.2 Å². The largest absolute Gasteiger partial charge is 0.361 e. The number of nitrogens with zero attached hydrogens (tertiary/aromatic N) is 3. The molecule has 0 spiro atoms. The van der Waals surface area contributed by atoms with Gasteiger partial charge in [0.15, 0.2) is 11.6 Å². The second-order valence-electron chi connectivity index (χ2n) is 7.05. The number of aromatic amines is 1. The predicted octanol–water partition coefficient (Wildman–Crippen LogP) is 3.38. The molecule has 1 fully saturated rings. The third-order valence-corrected chi connectivity index (χ3v) is 4.92. The van der Waals surface area contributed by atoms with Crippen LogP contribution in [0.2, 0.25) is 0 Å². The number of hydrogen-bond acceptors (Lipinski definition) is 4. The van der Waals surface area contributed by atoms with Gasteiger partial charge < -0.3 is 15.2 Å². The normalized spacial score (nSPS) is 17.4. The number of amides is 1. The van der Waals surface area contributed by atoms with Gasteiger partial charge in [-0.05, 0) is 42.5 Å². The number of carbonyl (C=O) groups excluding carboxylic acids is 1. The summed E-state index contributed by atoms with van der Waals surface area (Å²) in [6.45, 7) is 4.30. The van der Waals surface area contributed by atoms with Crippen molar-refractivity contribution in [3.8, 4) is 0 Å². The molecule has 2 N–H and O–H groups in total. The summed E-state index contributed by atoms with van der Waals surface area (Å²) in [6.07, 6.45) is 4.64. The topological polar surface area (TPSA) is 73.9 Å². The molecule has 1 aliphatic rings. The summed E-state index contributed by atoms with van der Waals surface area (Å²) in [7, 11) is 0. The minimum atomic E-state index is -0.0941. The van der Waals surface area contributed by atoms with Crippen molar-refractivity contribution in [2.45, 2.75) is 26.2 Å². The Bertz CT molecular complexity index is 902. The summed E-state index contributed by atoms with van der Waals surface area (Å²) in [5.74, 6) is 1.96. The highest BCUT2D eigenvalue weighted by Crippen LogP contribution is 2.21. The van der Waals surface area contributed by atoms with Gasteiger partial charge in [-0.25, -0.2) is 0 Å². The highest BCUT2D eigenvalue weighted by Gasteiger charge is 2.18. The standard InChI is InChI=1S/C20H23N5O/c1-14-5-4-10-25(13-14)19-9-8-18(23-24-19)22-20(26)11-15-12-21-17-7-3-2-6-16(15)17/h2-3,6-9,12,14,21H,4-5,10-11,13H2,1H3,(H,22,23,26). The van der Waals surface area contributed by atoms with Gasteiger partial charge in [-0.1, -0.05) is 25.1 Å². The fourth-order valence-corrected chi connectivity index (χ4v) is 3.60. The van der Waals surface area contributed by atoms with Crippen molar-refractivity contribution in [1.29, 1.82) is 0 Å². The maximum absolute atomic E-state index is 12.3. The molecule has 3 heterocycles. The van der Waals surface area contributed by atoms with Gasteiger partial charge in [-0.2, -0.15) is 0 Å². The van der Waals surface area contributed by atoms with Gasteiger partial charge in [0.2, 0.25) is 5.91 Å². The number of fused-ring (bicyclic) bond motifs is 1. The number of aromatic nitrogens is 3. The Morgan fingerprint density at radius 1 is 1.27 bits per heavy atom. The Kier molecular flexibility index (Phi) is 4.56. The summed E-state index contributed by atoms with van der Waals surface area (Å²) in [5.41, 5.74) is 2.01. The molecule has 6 heteroatoms. The van der Waals surface area contributed by atoms with Gasteiger partial charge in [-0.3, -0.25) is 4.79 Å². The lowest BCUT2D eigenvalue weighted by Gasteiger charge is -2.31. The first-order chi connectivity index (χ1) is 12.7. The number of anilines is 2. The second kappa shape index (κ2) is 7.15. The van der Waals surface area contributed by atoms with E-state index in [0.29, 0.717) is 18.2 Å². The van der Waals surface area contributed by atoms with Crippen LogP contribution in [0.15, 0.2) is 42.6 Å². The zero-order valence-corrected chi connectivity index (χ0v) is 14.9. The van der Waals surface area contributed by atoms with E-state index in [1.165, 1.54) is 12.8 Å². The summed E-state index contributed by atoms with van der Waals surface area (Å²) in [6, 6.07) is 11.7. The van der Waals surface area contributed by atoms with Crippen LogP contribution in [0.1, 0.15) is 25.3 Å². The van der Waals surface area contributed by atoms with Crippen molar-refractivity contribution >= 4 is 28.4 Å². The Morgan fingerprint density at radius 3 is 2.96 bits per heavy atom. The maximum Gasteiger partial charge on any atom is 0.230 e. The lowest BCUT2D eigenvalue weighted by molar-refractivity contribution is -0.115. The van der Waals surface area contributed by atoms with E-state index in [9.17, 15) is 4.79 Å². The fourth-order valence-electron chi connectivity index (χ4n) is 3.60. The van der Waals surface area contributed by atoms with E-state index < -0.39 is 0 Å². The smallest absolute Gasteiger partial charge is 0.230 e. The number of H-pyrrole nitrogens is 1. The van der Waals surface area contributed by atoms with E-state index in [1.54, 1.807) is 0 Å². The highest BCUT2D eigenvalue weighted by molar-refractivity contribution is 5.95. The number of para-hydroxylation sites is 1. The Hall–Kier alpha value is -2.89. The molecular formula is C20H23N5O. The van der Waals surface area contributed by atoms with Crippen LogP contribution in [0, 0.1) is 5.92 Å². The summed E-state index contributed by atoms with van der Waals surface area (Å²) < 4.78 is 0. The Morgan fingerprint density at radius 2 is 2.15 bits per heavy atom. The summed E-state index contributed by atoms with van der Waals surface area (Å²) in [5, 5.41) is 12.4. The predicted molar refractivity (Wildman–Crippen MR) is 103 cm³/mol. The average molecular weight is 349 g/mol. The van der Waals surface area contributed by atoms with Crippen molar-refractivity contribution in [3.63, 3.8) is 0 Å². The third kappa shape index (κ3) is 3.54. The van der Waals surface area contributed by atoms with Crippen LogP contribution in [-0.4, -0.2) is 34.2 Å². The molecule has 1 aromatic carbocycles. The monoisotopic (exact) mass is 349 g/mol. The number of rotatable bonds is 4. The van der Waals surface area contributed by atoms with Crippen LogP contribution >= 0.6 is 0 Å². The molecule has 26 heavy (non-hydrogen) atoms. The average Bonchev–Trinajstić information content (AvgIpc) is 3.05. The van der Waals surface area contributed by atoms with Gasteiger partial charge >= 0.3 is 0 Å². The molecule has 1 aliphatic heterocycles. The van der Waals surface area contributed by atoms with Crippen molar-refractivity contribution in [1.82, 2.24) is 15.2 Å². The lowest BCUT2D eigenvalue weighted by atomic mass is 10.0. The van der Waals surface area contributed by atoms with E-state index in [1.807, 2.05) is 42.6 Å². The molecule has 1 saturated heterocycles. The molecule has 0 bridgehead atoms.